The van der Waals surface area contributed by atoms with Crippen molar-refractivity contribution in [1.29, 1.82) is 0 Å². The van der Waals surface area contributed by atoms with Gasteiger partial charge in [-0.25, -0.2) is 0 Å². The number of amides is 1. The van der Waals surface area contributed by atoms with E-state index in [0.717, 1.165) is 18.2 Å². The minimum absolute atomic E-state index is 0.151. The second-order valence-electron chi connectivity index (χ2n) is 4.51. The lowest BCUT2D eigenvalue weighted by Gasteiger charge is -2.33. The normalized spacial score (nSPS) is 13.0. The van der Waals surface area contributed by atoms with Gasteiger partial charge < -0.3 is 15.8 Å². The number of nitrogens with one attached hydrogen (secondary N) is 1. The fourth-order valence-electron chi connectivity index (χ4n) is 1.43. The standard InChI is InChI=1S/C11H8ClF6N2O3/c1-9(10(13,14)15,11(16,17)18)8(21)19-6-3-2-5(12)4-7(6)20(22)23/h2-4,22H,1H3,(H,19,21)/q-1. The molecule has 1 aromatic carbocycles. The number of rotatable bonds is 3. The molecule has 23 heavy (non-hydrogen) atoms. The van der Waals surface area contributed by atoms with Gasteiger partial charge in [0.25, 0.3) is 0 Å². The smallest absolute Gasteiger partial charge is 0.411 e. The zero-order valence-electron chi connectivity index (χ0n) is 11.1. The van der Waals surface area contributed by atoms with Crippen molar-refractivity contribution in [3.05, 3.63) is 28.4 Å². The van der Waals surface area contributed by atoms with E-state index in [-0.39, 0.29) is 11.9 Å². The quantitative estimate of drug-likeness (QED) is 0.624. The van der Waals surface area contributed by atoms with Crippen molar-refractivity contribution in [1.82, 2.24) is 0 Å². The van der Waals surface area contributed by atoms with Crippen LogP contribution in [0, 0.1) is 10.6 Å². The molecule has 0 unspecified atom stereocenters. The molecular formula is C11H8ClF6N2O3-. The highest BCUT2D eigenvalue weighted by molar-refractivity contribution is 6.31. The number of hydrogen-bond acceptors (Lipinski definition) is 4. The lowest BCUT2D eigenvalue weighted by Crippen LogP contribution is -2.55. The average molecular weight is 366 g/mol. The molecule has 0 aromatic heterocycles. The molecule has 2 N–H and O–H groups in total. The third-order valence-electron chi connectivity index (χ3n) is 3.00. The number of nitrogens with zero attached hydrogens (tertiary/aromatic N) is 1. The highest BCUT2D eigenvalue weighted by Crippen LogP contribution is 2.50. The van der Waals surface area contributed by atoms with Crippen LogP contribution in [-0.4, -0.2) is 23.5 Å². The van der Waals surface area contributed by atoms with Crippen LogP contribution < -0.4 is 10.5 Å². The van der Waals surface area contributed by atoms with Crippen LogP contribution in [0.2, 0.25) is 5.02 Å². The Labute approximate surface area is 130 Å². The summed E-state index contributed by atoms with van der Waals surface area (Å²) in [4.78, 5) is 11.6. The number of hydrogen-bond donors (Lipinski definition) is 2. The molecule has 1 amide bonds. The third-order valence-corrected chi connectivity index (χ3v) is 3.24. The molecule has 1 rings (SSSR count). The van der Waals surface area contributed by atoms with Crippen LogP contribution in [0.1, 0.15) is 6.92 Å². The minimum atomic E-state index is -5.95. The Kier molecular flexibility index (Phi) is 5.09. The molecule has 0 aliphatic rings. The second kappa shape index (κ2) is 6.06. The first kappa shape index (κ1) is 19.3. The summed E-state index contributed by atoms with van der Waals surface area (Å²) < 4.78 is 76.5. The topological polar surface area (TPSA) is 75.6 Å². The Morgan fingerprint density at radius 3 is 2.09 bits per heavy atom. The fourth-order valence-corrected chi connectivity index (χ4v) is 1.60. The molecule has 0 heterocycles. The SMILES string of the molecule is CC(C(=O)Nc1ccc(Cl)cc1N([O-])O)(C(F)(F)F)C(F)(F)F. The maximum atomic E-state index is 12.8. The fraction of sp³-hybridized carbons (Fsp3) is 0.364. The van der Waals surface area contributed by atoms with Gasteiger partial charge in [0.2, 0.25) is 11.3 Å². The average Bonchev–Trinajstić information content (AvgIpc) is 2.36. The van der Waals surface area contributed by atoms with Gasteiger partial charge in [-0.2, -0.15) is 26.3 Å². The van der Waals surface area contributed by atoms with Gasteiger partial charge in [-0.15, -0.1) is 0 Å². The van der Waals surface area contributed by atoms with Gasteiger partial charge in [0.15, 0.2) is 0 Å². The Hall–Kier alpha value is -1.72. The molecule has 1 aromatic rings. The monoisotopic (exact) mass is 365 g/mol. The van der Waals surface area contributed by atoms with E-state index in [9.17, 15) is 36.3 Å². The summed E-state index contributed by atoms with van der Waals surface area (Å²) >= 11 is 5.48. The van der Waals surface area contributed by atoms with Crippen LogP contribution in [0.5, 0.6) is 0 Å². The van der Waals surface area contributed by atoms with Crippen LogP contribution in [-0.2, 0) is 4.79 Å². The van der Waals surface area contributed by atoms with E-state index in [2.05, 4.69) is 0 Å². The number of carbonyl (C=O) groups is 1. The number of carbonyl (C=O) groups excluding carboxylic acids is 1. The van der Waals surface area contributed by atoms with Crippen molar-refractivity contribution in [2.24, 2.45) is 5.41 Å². The van der Waals surface area contributed by atoms with Crippen molar-refractivity contribution in [2.75, 3.05) is 10.5 Å². The maximum Gasteiger partial charge on any atom is 0.411 e. The largest absolute Gasteiger partial charge is 0.733 e. The lowest BCUT2D eigenvalue weighted by molar-refractivity contribution is -0.317. The molecule has 0 saturated carbocycles. The van der Waals surface area contributed by atoms with Crippen molar-refractivity contribution >= 4 is 28.9 Å². The van der Waals surface area contributed by atoms with Gasteiger partial charge in [-0.3, -0.25) is 10.0 Å². The molecule has 0 aliphatic heterocycles. The first-order chi connectivity index (χ1) is 10.2. The van der Waals surface area contributed by atoms with E-state index in [1.807, 2.05) is 0 Å². The second-order valence-corrected chi connectivity index (χ2v) is 4.95. The highest BCUT2D eigenvalue weighted by atomic mass is 35.5. The summed E-state index contributed by atoms with van der Waals surface area (Å²) in [5.74, 6) is -2.47. The number of anilines is 2. The first-order valence-electron chi connectivity index (χ1n) is 5.62. The van der Waals surface area contributed by atoms with Crippen molar-refractivity contribution in [2.45, 2.75) is 19.3 Å². The van der Waals surface area contributed by atoms with Crippen LogP contribution >= 0.6 is 11.6 Å². The van der Waals surface area contributed by atoms with E-state index in [0.29, 0.717) is 0 Å². The summed E-state index contributed by atoms with van der Waals surface area (Å²) in [6.45, 7) is -0.341. The van der Waals surface area contributed by atoms with E-state index in [1.54, 1.807) is 0 Å². The molecule has 0 saturated heterocycles. The van der Waals surface area contributed by atoms with Gasteiger partial charge in [-0.05, 0) is 25.1 Å². The van der Waals surface area contributed by atoms with E-state index in [1.165, 1.54) is 5.32 Å². The minimum Gasteiger partial charge on any atom is -0.733 e. The molecule has 0 atom stereocenters. The van der Waals surface area contributed by atoms with E-state index >= 15 is 0 Å². The van der Waals surface area contributed by atoms with Crippen LogP contribution in [0.4, 0.5) is 37.7 Å². The molecule has 0 radical (unpaired) electrons. The predicted octanol–water partition coefficient (Wildman–Crippen LogP) is 4.10. The first-order valence-corrected chi connectivity index (χ1v) is 6.00. The highest BCUT2D eigenvalue weighted by Gasteiger charge is 2.72. The number of halogens is 7. The summed E-state index contributed by atoms with van der Waals surface area (Å²) in [5, 5.41) is 20.0. The Balaban J connectivity index is 3.31. The molecule has 0 bridgehead atoms. The Bertz CT molecular complexity index is 588. The summed E-state index contributed by atoms with van der Waals surface area (Å²) in [5.41, 5.74) is -6.34. The molecule has 0 fully saturated rings. The van der Waals surface area contributed by atoms with Crippen LogP contribution in [0.3, 0.4) is 0 Å². The van der Waals surface area contributed by atoms with Crippen molar-refractivity contribution < 1.29 is 36.3 Å². The molecule has 0 spiro atoms. The summed E-state index contributed by atoms with van der Waals surface area (Å²) in [6.07, 6.45) is -11.9. The summed E-state index contributed by atoms with van der Waals surface area (Å²) in [7, 11) is 0. The van der Waals surface area contributed by atoms with Crippen molar-refractivity contribution in [3.63, 3.8) is 0 Å². The van der Waals surface area contributed by atoms with Gasteiger partial charge in [0.05, 0.1) is 11.4 Å². The number of alkyl halides is 6. The molecule has 0 aliphatic carbocycles. The van der Waals surface area contributed by atoms with Crippen molar-refractivity contribution in [3.8, 4) is 0 Å². The Morgan fingerprint density at radius 1 is 1.22 bits per heavy atom. The van der Waals surface area contributed by atoms with Gasteiger partial charge in [0.1, 0.15) is 0 Å². The lowest BCUT2D eigenvalue weighted by atomic mass is 9.87. The van der Waals surface area contributed by atoms with Crippen LogP contribution in [0.15, 0.2) is 18.2 Å². The zero-order valence-corrected chi connectivity index (χ0v) is 11.8. The van der Waals surface area contributed by atoms with E-state index in [4.69, 9.17) is 16.8 Å². The van der Waals surface area contributed by atoms with Gasteiger partial charge in [-0.1, -0.05) is 11.6 Å². The number of benzene rings is 1. The third kappa shape index (κ3) is 3.62. The maximum absolute atomic E-state index is 12.8. The molecular weight excluding hydrogens is 358 g/mol. The molecule has 130 valence electrons. The molecule has 5 nitrogen and oxygen atoms in total. The Morgan fingerprint density at radius 2 is 1.70 bits per heavy atom. The van der Waals surface area contributed by atoms with Gasteiger partial charge in [0, 0.05) is 5.02 Å². The zero-order chi connectivity index (χ0) is 18.2. The molecule has 12 heteroatoms. The van der Waals surface area contributed by atoms with Crippen LogP contribution in [0.25, 0.3) is 0 Å². The van der Waals surface area contributed by atoms with Gasteiger partial charge >= 0.3 is 12.4 Å². The summed E-state index contributed by atoms with van der Waals surface area (Å²) in [6, 6.07) is 2.50. The van der Waals surface area contributed by atoms with E-state index < -0.39 is 40.3 Å². The predicted molar refractivity (Wildman–Crippen MR) is 67.9 cm³/mol.